The van der Waals surface area contributed by atoms with Gasteiger partial charge in [-0.3, -0.25) is 9.59 Å². The molecule has 0 spiro atoms. The highest BCUT2D eigenvalue weighted by Crippen LogP contribution is 2.38. The zero-order valence-electron chi connectivity index (χ0n) is 14.6. The minimum atomic E-state index is -0.262. The first-order valence-electron chi connectivity index (χ1n) is 8.39. The third-order valence-corrected chi connectivity index (χ3v) is 4.69. The van der Waals surface area contributed by atoms with Gasteiger partial charge >= 0.3 is 0 Å². The van der Waals surface area contributed by atoms with Gasteiger partial charge in [-0.15, -0.1) is 0 Å². The first-order valence-corrected chi connectivity index (χ1v) is 8.39. The van der Waals surface area contributed by atoms with Crippen molar-refractivity contribution in [1.29, 1.82) is 0 Å². The van der Waals surface area contributed by atoms with E-state index in [0.29, 0.717) is 12.3 Å². The van der Waals surface area contributed by atoms with E-state index < -0.39 is 0 Å². The van der Waals surface area contributed by atoms with Crippen LogP contribution < -0.4 is 5.32 Å². The molecule has 0 aliphatic carbocycles. The highest BCUT2D eigenvalue weighted by atomic mass is 16.3. The van der Waals surface area contributed by atoms with E-state index in [-0.39, 0.29) is 17.6 Å². The summed E-state index contributed by atoms with van der Waals surface area (Å²) in [7, 11) is 3.37. The van der Waals surface area contributed by atoms with E-state index >= 15 is 0 Å². The second-order valence-corrected chi connectivity index (χ2v) is 6.28. The van der Waals surface area contributed by atoms with Gasteiger partial charge in [0.15, 0.2) is 5.76 Å². The first-order chi connectivity index (χ1) is 12.6. The Bertz CT molecular complexity index is 1020. The smallest absolute Gasteiger partial charge is 0.286 e. The van der Waals surface area contributed by atoms with Crippen molar-refractivity contribution in [3.05, 3.63) is 71.5 Å². The second-order valence-electron chi connectivity index (χ2n) is 6.28. The maximum Gasteiger partial charge on any atom is 0.286 e. The highest BCUT2D eigenvalue weighted by molar-refractivity contribution is 6.01. The molecule has 1 aliphatic rings. The summed E-state index contributed by atoms with van der Waals surface area (Å²) in [5.41, 5.74) is 4.63. The van der Waals surface area contributed by atoms with Gasteiger partial charge in [0.2, 0.25) is 0 Å². The number of amides is 2. The number of nitrogens with zero attached hydrogens (tertiary/aromatic N) is 1. The third-order valence-electron chi connectivity index (χ3n) is 4.69. The zero-order chi connectivity index (χ0) is 18.3. The van der Waals surface area contributed by atoms with Crippen molar-refractivity contribution in [2.75, 3.05) is 14.1 Å². The lowest BCUT2D eigenvalue weighted by Crippen LogP contribution is -2.17. The Kier molecular flexibility index (Phi) is 3.84. The first kappa shape index (κ1) is 16.1. The summed E-state index contributed by atoms with van der Waals surface area (Å²) < 4.78 is 5.76. The molecule has 5 nitrogen and oxygen atoms in total. The Morgan fingerprint density at radius 3 is 2.42 bits per heavy atom. The van der Waals surface area contributed by atoms with Gasteiger partial charge in [-0.2, -0.15) is 0 Å². The molecule has 130 valence electrons. The third kappa shape index (κ3) is 2.49. The molecule has 1 aliphatic heterocycles. The van der Waals surface area contributed by atoms with Gasteiger partial charge in [-0.25, -0.2) is 0 Å². The lowest BCUT2D eigenvalue weighted by molar-refractivity contribution is 0.0816. The molecule has 26 heavy (non-hydrogen) atoms. The van der Waals surface area contributed by atoms with Gasteiger partial charge in [-0.1, -0.05) is 36.4 Å². The summed E-state index contributed by atoms with van der Waals surface area (Å²) in [4.78, 5) is 25.8. The van der Waals surface area contributed by atoms with E-state index in [0.717, 1.165) is 27.8 Å². The standard InChI is InChI=1S/C21H18N2O3/c1-22-20(24)19-11-10-18(26-19)15-7-4-3-6-13(15)14-8-5-9-16-17(14)12-23(2)21(16)25/h3-11H,12H2,1-2H3,(H,22,24). The van der Waals surface area contributed by atoms with Gasteiger partial charge in [0.05, 0.1) is 0 Å². The fourth-order valence-corrected chi connectivity index (χ4v) is 3.39. The number of furan rings is 1. The van der Waals surface area contributed by atoms with Crippen molar-refractivity contribution in [2.24, 2.45) is 0 Å². The van der Waals surface area contributed by atoms with E-state index in [1.54, 1.807) is 31.1 Å². The largest absolute Gasteiger partial charge is 0.451 e. The molecular weight excluding hydrogens is 328 g/mol. The molecule has 3 aromatic rings. The van der Waals surface area contributed by atoms with Crippen LogP contribution in [-0.4, -0.2) is 30.8 Å². The maximum atomic E-state index is 12.3. The summed E-state index contributed by atoms with van der Waals surface area (Å²) in [6, 6.07) is 17.1. The molecule has 0 saturated carbocycles. The Balaban J connectivity index is 1.85. The lowest BCUT2D eigenvalue weighted by Gasteiger charge is -2.12. The predicted octanol–water partition coefficient (Wildman–Crippen LogP) is 3.56. The lowest BCUT2D eigenvalue weighted by atomic mass is 9.92. The van der Waals surface area contributed by atoms with Gasteiger partial charge < -0.3 is 14.6 Å². The monoisotopic (exact) mass is 346 g/mol. The van der Waals surface area contributed by atoms with E-state index in [1.807, 2.05) is 42.5 Å². The Labute approximate surface area is 151 Å². The number of hydrogen-bond acceptors (Lipinski definition) is 3. The number of rotatable bonds is 3. The average Bonchev–Trinajstić information content (AvgIpc) is 3.27. The van der Waals surface area contributed by atoms with Crippen LogP contribution in [0.5, 0.6) is 0 Å². The number of hydrogen-bond donors (Lipinski definition) is 1. The summed E-state index contributed by atoms with van der Waals surface area (Å²) in [5.74, 6) is 0.667. The number of nitrogens with one attached hydrogen (secondary N) is 1. The van der Waals surface area contributed by atoms with Gasteiger partial charge in [0, 0.05) is 31.8 Å². The molecule has 4 rings (SSSR count). The molecule has 0 unspecified atom stereocenters. The van der Waals surface area contributed by atoms with Crippen LogP contribution in [0, 0.1) is 0 Å². The van der Waals surface area contributed by atoms with Crippen LogP contribution in [0.15, 0.2) is 59.0 Å². The number of fused-ring (bicyclic) bond motifs is 1. The van der Waals surface area contributed by atoms with Gasteiger partial charge in [-0.05, 0) is 34.9 Å². The minimum absolute atomic E-state index is 0.0410. The van der Waals surface area contributed by atoms with Crippen LogP contribution in [0.25, 0.3) is 22.5 Å². The summed E-state index contributed by atoms with van der Waals surface area (Å²) in [6.45, 7) is 0.584. The molecular formula is C21H18N2O3. The quantitative estimate of drug-likeness (QED) is 0.789. The average molecular weight is 346 g/mol. The highest BCUT2D eigenvalue weighted by Gasteiger charge is 2.27. The number of benzene rings is 2. The molecule has 0 bridgehead atoms. The molecule has 5 heteroatoms. The molecule has 0 fully saturated rings. The Morgan fingerprint density at radius 2 is 1.65 bits per heavy atom. The van der Waals surface area contributed by atoms with Crippen LogP contribution in [0.1, 0.15) is 26.5 Å². The predicted molar refractivity (Wildman–Crippen MR) is 98.8 cm³/mol. The Hall–Kier alpha value is -3.34. The molecule has 0 saturated heterocycles. The Morgan fingerprint density at radius 1 is 0.962 bits per heavy atom. The van der Waals surface area contributed by atoms with Crippen LogP contribution in [0.4, 0.5) is 0 Å². The molecule has 2 amide bonds. The molecule has 0 radical (unpaired) electrons. The molecule has 2 aromatic carbocycles. The molecule has 1 aromatic heterocycles. The van der Waals surface area contributed by atoms with Crippen molar-refractivity contribution in [3.8, 4) is 22.5 Å². The topological polar surface area (TPSA) is 62.6 Å². The van der Waals surface area contributed by atoms with Gasteiger partial charge in [0.25, 0.3) is 11.8 Å². The van der Waals surface area contributed by atoms with Gasteiger partial charge in [0.1, 0.15) is 5.76 Å². The van der Waals surface area contributed by atoms with Crippen molar-refractivity contribution in [3.63, 3.8) is 0 Å². The summed E-state index contributed by atoms with van der Waals surface area (Å²) >= 11 is 0. The summed E-state index contributed by atoms with van der Waals surface area (Å²) in [6.07, 6.45) is 0. The minimum Gasteiger partial charge on any atom is -0.451 e. The van der Waals surface area contributed by atoms with E-state index in [9.17, 15) is 9.59 Å². The summed E-state index contributed by atoms with van der Waals surface area (Å²) in [5, 5.41) is 2.56. The van der Waals surface area contributed by atoms with Crippen LogP contribution in [-0.2, 0) is 6.54 Å². The fraction of sp³-hybridized carbons (Fsp3) is 0.143. The molecule has 2 heterocycles. The zero-order valence-corrected chi connectivity index (χ0v) is 14.6. The van der Waals surface area contributed by atoms with E-state index in [1.165, 1.54) is 0 Å². The normalized spacial score (nSPS) is 13.0. The SMILES string of the molecule is CNC(=O)c1ccc(-c2ccccc2-c2cccc3c2CN(C)C3=O)o1. The number of carbonyl (C=O) groups excluding carboxylic acids is 2. The van der Waals surface area contributed by atoms with Crippen molar-refractivity contribution < 1.29 is 14.0 Å². The van der Waals surface area contributed by atoms with E-state index in [2.05, 4.69) is 5.32 Å². The molecule has 0 atom stereocenters. The van der Waals surface area contributed by atoms with E-state index in [4.69, 9.17) is 4.42 Å². The fourth-order valence-electron chi connectivity index (χ4n) is 3.39. The van der Waals surface area contributed by atoms with Crippen LogP contribution in [0.2, 0.25) is 0 Å². The van der Waals surface area contributed by atoms with Crippen LogP contribution >= 0.6 is 0 Å². The van der Waals surface area contributed by atoms with Crippen molar-refractivity contribution in [1.82, 2.24) is 10.2 Å². The number of carbonyl (C=O) groups is 2. The van der Waals surface area contributed by atoms with Crippen molar-refractivity contribution in [2.45, 2.75) is 6.54 Å². The molecule has 1 N–H and O–H groups in total. The maximum absolute atomic E-state index is 12.3. The van der Waals surface area contributed by atoms with Crippen LogP contribution in [0.3, 0.4) is 0 Å². The van der Waals surface area contributed by atoms with Crippen molar-refractivity contribution >= 4 is 11.8 Å². The second kappa shape index (κ2) is 6.19.